The summed E-state index contributed by atoms with van der Waals surface area (Å²) in [7, 11) is -1.78. The minimum Gasteiger partial charge on any atom is -0.302 e. The Labute approximate surface area is 136 Å². The average molecular weight is 337 g/mol. The zero-order chi connectivity index (χ0) is 16.8. The second-order valence-corrected chi connectivity index (χ2v) is 8.02. The van der Waals surface area contributed by atoms with Gasteiger partial charge in [0.15, 0.2) is 5.65 Å². The summed E-state index contributed by atoms with van der Waals surface area (Å²) >= 11 is 0. The summed E-state index contributed by atoms with van der Waals surface area (Å²) in [5, 5.41) is 5.05. The number of sulfonamides is 1. The van der Waals surface area contributed by atoms with E-state index in [0.717, 1.165) is 30.7 Å². The van der Waals surface area contributed by atoms with Gasteiger partial charge in [-0.3, -0.25) is 4.68 Å². The number of nitrogens with zero attached hydrogens (tertiary/aromatic N) is 4. The highest BCUT2D eigenvalue weighted by Crippen LogP contribution is 2.22. The molecule has 0 aromatic carbocycles. The van der Waals surface area contributed by atoms with Crippen LogP contribution in [0.3, 0.4) is 0 Å². The van der Waals surface area contributed by atoms with Crippen molar-refractivity contribution in [3.05, 3.63) is 18.0 Å². The minimum absolute atomic E-state index is 0.0642. The van der Waals surface area contributed by atoms with E-state index in [0.29, 0.717) is 11.6 Å². The molecule has 0 amide bonds. The van der Waals surface area contributed by atoms with Gasteiger partial charge in [-0.1, -0.05) is 13.8 Å². The number of aryl methyl sites for hydroxylation is 2. The third kappa shape index (κ3) is 2.98. The molecule has 126 valence electrons. The standard InChI is InChI=1S/C15H23N5O2S/c1-5-20-8-10(2)14(9-20)18-23(21,22)12-6-13-11(3)17-19(4)15(13)16-7-12/h6-7,10,14,18H,5,8-9H2,1-4H3/t10-,14+/m1/s1. The van der Waals surface area contributed by atoms with Crippen LogP contribution in [0.2, 0.25) is 0 Å². The second kappa shape index (κ2) is 5.85. The molecule has 2 atom stereocenters. The van der Waals surface area contributed by atoms with E-state index in [4.69, 9.17) is 0 Å². The molecular formula is C15H23N5O2S. The molecule has 7 nitrogen and oxygen atoms in total. The van der Waals surface area contributed by atoms with Gasteiger partial charge < -0.3 is 4.90 Å². The van der Waals surface area contributed by atoms with Crippen LogP contribution in [0.15, 0.2) is 17.2 Å². The first kappa shape index (κ1) is 16.4. The van der Waals surface area contributed by atoms with E-state index < -0.39 is 10.0 Å². The number of pyridine rings is 1. The van der Waals surface area contributed by atoms with Crippen molar-refractivity contribution in [2.75, 3.05) is 19.6 Å². The molecule has 1 saturated heterocycles. The number of fused-ring (bicyclic) bond motifs is 1. The van der Waals surface area contributed by atoms with E-state index in [1.807, 2.05) is 6.92 Å². The predicted octanol–water partition coefficient (Wildman–Crippen LogP) is 0.895. The third-order valence-corrected chi connectivity index (χ3v) is 6.05. The van der Waals surface area contributed by atoms with Crippen molar-refractivity contribution < 1.29 is 8.42 Å². The summed E-state index contributed by atoms with van der Waals surface area (Å²) in [6.07, 6.45) is 1.41. The lowest BCUT2D eigenvalue weighted by molar-refractivity contribution is 0.344. The summed E-state index contributed by atoms with van der Waals surface area (Å²) in [6.45, 7) is 8.63. The first-order valence-corrected chi connectivity index (χ1v) is 9.34. The van der Waals surface area contributed by atoms with Gasteiger partial charge in [-0.2, -0.15) is 5.10 Å². The summed E-state index contributed by atoms with van der Waals surface area (Å²) in [5.41, 5.74) is 1.46. The molecule has 1 aliphatic rings. The van der Waals surface area contributed by atoms with E-state index in [9.17, 15) is 8.42 Å². The number of aromatic nitrogens is 3. The normalized spacial score (nSPS) is 23.0. The lowest BCUT2D eigenvalue weighted by atomic mass is 10.1. The third-order valence-electron chi connectivity index (χ3n) is 4.59. The van der Waals surface area contributed by atoms with E-state index in [1.54, 1.807) is 17.8 Å². The number of rotatable bonds is 4. The molecule has 8 heteroatoms. The Bertz CT molecular complexity index is 830. The van der Waals surface area contributed by atoms with Crippen LogP contribution < -0.4 is 4.72 Å². The van der Waals surface area contributed by atoms with Gasteiger partial charge in [0, 0.05) is 37.8 Å². The Morgan fingerprint density at radius 3 is 2.78 bits per heavy atom. The molecule has 3 rings (SSSR count). The maximum absolute atomic E-state index is 12.7. The Balaban J connectivity index is 1.89. The van der Waals surface area contributed by atoms with Gasteiger partial charge in [0.2, 0.25) is 10.0 Å². The zero-order valence-electron chi connectivity index (χ0n) is 13.9. The van der Waals surface area contributed by atoms with Gasteiger partial charge in [-0.25, -0.2) is 18.1 Å². The SMILES string of the molecule is CCN1C[C@@H](C)[C@@H](NS(=O)(=O)c2cnc3c(c2)c(C)nn3C)C1. The summed E-state index contributed by atoms with van der Waals surface area (Å²) in [6, 6.07) is 1.59. The molecule has 3 heterocycles. The molecule has 1 aliphatic heterocycles. The van der Waals surface area contributed by atoms with E-state index in [1.165, 1.54) is 6.20 Å². The molecule has 1 fully saturated rings. The fourth-order valence-corrected chi connectivity index (χ4v) is 4.49. The highest BCUT2D eigenvalue weighted by molar-refractivity contribution is 7.89. The molecule has 0 saturated carbocycles. The highest BCUT2D eigenvalue weighted by atomic mass is 32.2. The molecule has 0 aliphatic carbocycles. The smallest absolute Gasteiger partial charge is 0.242 e. The van der Waals surface area contributed by atoms with Crippen LogP contribution >= 0.6 is 0 Å². The van der Waals surface area contributed by atoms with Crippen molar-refractivity contribution in [1.29, 1.82) is 0 Å². The van der Waals surface area contributed by atoms with E-state index in [2.05, 4.69) is 33.6 Å². The molecule has 0 unspecified atom stereocenters. The topological polar surface area (TPSA) is 80.1 Å². The lowest BCUT2D eigenvalue weighted by Gasteiger charge is -2.16. The predicted molar refractivity (Wildman–Crippen MR) is 88.6 cm³/mol. The quantitative estimate of drug-likeness (QED) is 0.896. The fourth-order valence-electron chi connectivity index (χ4n) is 3.18. The molecule has 0 radical (unpaired) electrons. The maximum atomic E-state index is 12.7. The zero-order valence-corrected chi connectivity index (χ0v) is 14.8. The van der Waals surface area contributed by atoms with Crippen LogP contribution in [0.1, 0.15) is 19.5 Å². The van der Waals surface area contributed by atoms with Crippen LogP contribution in [0.4, 0.5) is 0 Å². The highest BCUT2D eigenvalue weighted by Gasteiger charge is 2.32. The Morgan fingerprint density at radius 2 is 2.13 bits per heavy atom. The van der Waals surface area contributed by atoms with Gasteiger partial charge >= 0.3 is 0 Å². The second-order valence-electron chi connectivity index (χ2n) is 6.31. The van der Waals surface area contributed by atoms with Gasteiger partial charge in [-0.15, -0.1) is 0 Å². The van der Waals surface area contributed by atoms with Gasteiger partial charge in [-0.05, 0) is 25.5 Å². The van der Waals surface area contributed by atoms with Crippen molar-refractivity contribution in [1.82, 2.24) is 24.4 Å². The molecule has 0 spiro atoms. The minimum atomic E-state index is -3.58. The molecule has 2 aromatic heterocycles. The first-order chi connectivity index (χ1) is 10.8. The average Bonchev–Trinajstić information content (AvgIpc) is 2.99. The van der Waals surface area contributed by atoms with Crippen molar-refractivity contribution in [3.63, 3.8) is 0 Å². The molecular weight excluding hydrogens is 314 g/mol. The summed E-state index contributed by atoms with van der Waals surface area (Å²) < 4.78 is 29.9. The van der Waals surface area contributed by atoms with Crippen LogP contribution in [0.5, 0.6) is 0 Å². The van der Waals surface area contributed by atoms with Crippen molar-refractivity contribution in [2.45, 2.75) is 31.7 Å². The van der Waals surface area contributed by atoms with Crippen molar-refractivity contribution >= 4 is 21.1 Å². The molecule has 1 N–H and O–H groups in total. The summed E-state index contributed by atoms with van der Waals surface area (Å²) in [4.78, 5) is 6.72. The molecule has 23 heavy (non-hydrogen) atoms. The van der Waals surface area contributed by atoms with Gasteiger partial charge in [0.05, 0.1) is 5.69 Å². The largest absolute Gasteiger partial charge is 0.302 e. The Morgan fingerprint density at radius 1 is 1.39 bits per heavy atom. The van der Waals surface area contributed by atoms with Crippen LogP contribution in [-0.4, -0.2) is 53.8 Å². The number of hydrogen-bond acceptors (Lipinski definition) is 5. The van der Waals surface area contributed by atoms with E-state index >= 15 is 0 Å². The number of likely N-dealkylation sites (N-methyl/N-ethyl adjacent to an activating group) is 1. The number of hydrogen-bond donors (Lipinski definition) is 1. The van der Waals surface area contributed by atoms with Crippen LogP contribution in [0.25, 0.3) is 11.0 Å². The van der Waals surface area contributed by atoms with Gasteiger partial charge in [0.1, 0.15) is 4.90 Å². The van der Waals surface area contributed by atoms with Crippen molar-refractivity contribution in [2.24, 2.45) is 13.0 Å². The monoisotopic (exact) mass is 337 g/mol. The number of nitrogens with one attached hydrogen (secondary N) is 1. The van der Waals surface area contributed by atoms with Crippen LogP contribution in [0, 0.1) is 12.8 Å². The Kier molecular flexibility index (Phi) is 4.16. The van der Waals surface area contributed by atoms with Crippen LogP contribution in [-0.2, 0) is 17.1 Å². The first-order valence-electron chi connectivity index (χ1n) is 7.86. The fraction of sp³-hybridized carbons (Fsp3) is 0.600. The Hall–Kier alpha value is -1.51. The lowest BCUT2D eigenvalue weighted by Crippen LogP contribution is -2.39. The molecule has 2 aromatic rings. The summed E-state index contributed by atoms with van der Waals surface area (Å²) in [5.74, 6) is 0.293. The van der Waals surface area contributed by atoms with Gasteiger partial charge in [0.25, 0.3) is 0 Å². The van der Waals surface area contributed by atoms with Crippen molar-refractivity contribution in [3.8, 4) is 0 Å². The number of likely N-dealkylation sites (tertiary alicyclic amines) is 1. The van der Waals surface area contributed by atoms with E-state index in [-0.39, 0.29) is 10.9 Å². The maximum Gasteiger partial charge on any atom is 0.242 e. The molecule has 0 bridgehead atoms.